The van der Waals surface area contributed by atoms with Crippen LogP contribution in [0.15, 0.2) is 41.3 Å². The normalized spacial score (nSPS) is 12.4. The lowest BCUT2D eigenvalue weighted by atomic mass is 10.0. The molecule has 1 atom stereocenters. The van der Waals surface area contributed by atoms with Gasteiger partial charge in [0, 0.05) is 22.4 Å². The minimum atomic E-state index is -0.276. The summed E-state index contributed by atoms with van der Waals surface area (Å²) in [5.74, 6) is -0.256. The molecular formula is C14H15BrFN3. The molecule has 2 rings (SSSR count). The standard InChI is InChI=1S/C14H15BrFN3/c1-2-5-19-14(13-9-17-6-7-18-13)11-4-3-10(15)8-12(11)16/h3-4,6-9,14,19H,2,5H2,1H3. The predicted molar refractivity (Wildman–Crippen MR) is 76.3 cm³/mol. The van der Waals surface area contributed by atoms with E-state index < -0.39 is 0 Å². The topological polar surface area (TPSA) is 37.8 Å². The molecule has 0 aliphatic heterocycles. The lowest BCUT2D eigenvalue weighted by Gasteiger charge is -2.18. The smallest absolute Gasteiger partial charge is 0.129 e. The number of halogens is 2. The third-order valence-corrected chi connectivity index (χ3v) is 3.24. The van der Waals surface area contributed by atoms with Crippen LogP contribution in [0, 0.1) is 5.82 Å². The number of hydrogen-bond donors (Lipinski definition) is 1. The summed E-state index contributed by atoms with van der Waals surface area (Å²) in [4.78, 5) is 8.32. The average Bonchev–Trinajstić information content (AvgIpc) is 2.42. The van der Waals surface area contributed by atoms with Gasteiger partial charge in [-0.15, -0.1) is 0 Å². The minimum Gasteiger partial charge on any atom is -0.305 e. The highest BCUT2D eigenvalue weighted by atomic mass is 79.9. The van der Waals surface area contributed by atoms with E-state index in [0.29, 0.717) is 5.56 Å². The molecule has 1 aromatic heterocycles. The van der Waals surface area contributed by atoms with Gasteiger partial charge in [0.05, 0.1) is 17.9 Å². The van der Waals surface area contributed by atoms with Gasteiger partial charge in [-0.25, -0.2) is 4.39 Å². The van der Waals surface area contributed by atoms with Gasteiger partial charge in [-0.3, -0.25) is 9.97 Å². The maximum Gasteiger partial charge on any atom is 0.129 e. The summed E-state index contributed by atoms with van der Waals surface area (Å²) < 4.78 is 14.8. The molecule has 1 heterocycles. The Labute approximate surface area is 120 Å². The van der Waals surface area contributed by atoms with E-state index in [9.17, 15) is 4.39 Å². The van der Waals surface area contributed by atoms with Crippen LogP contribution in [0.25, 0.3) is 0 Å². The van der Waals surface area contributed by atoms with Gasteiger partial charge in [-0.2, -0.15) is 0 Å². The van der Waals surface area contributed by atoms with Crippen LogP contribution in [-0.2, 0) is 0 Å². The maximum atomic E-state index is 14.1. The summed E-state index contributed by atoms with van der Waals surface area (Å²) in [6.07, 6.45) is 5.86. The van der Waals surface area contributed by atoms with Crippen molar-refractivity contribution < 1.29 is 4.39 Å². The zero-order chi connectivity index (χ0) is 13.7. The fraction of sp³-hybridized carbons (Fsp3) is 0.286. The minimum absolute atomic E-state index is 0.256. The molecule has 100 valence electrons. The van der Waals surface area contributed by atoms with E-state index in [1.165, 1.54) is 6.07 Å². The van der Waals surface area contributed by atoms with Crippen LogP contribution in [0.2, 0.25) is 0 Å². The van der Waals surface area contributed by atoms with Gasteiger partial charge in [-0.05, 0) is 25.1 Å². The molecule has 5 heteroatoms. The highest BCUT2D eigenvalue weighted by Gasteiger charge is 2.18. The van der Waals surface area contributed by atoms with Gasteiger partial charge < -0.3 is 5.32 Å². The van der Waals surface area contributed by atoms with Crippen LogP contribution in [0.4, 0.5) is 4.39 Å². The quantitative estimate of drug-likeness (QED) is 0.915. The van der Waals surface area contributed by atoms with Crippen molar-refractivity contribution in [3.05, 3.63) is 58.3 Å². The van der Waals surface area contributed by atoms with E-state index in [0.717, 1.165) is 23.1 Å². The van der Waals surface area contributed by atoms with E-state index in [1.807, 2.05) is 6.07 Å². The van der Waals surface area contributed by atoms with Crippen molar-refractivity contribution in [1.29, 1.82) is 0 Å². The van der Waals surface area contributed by atoms with Crippen LogP contribution < -0.4 is 5.32 Å². The third-order valence-electron chi connectivity index (χ3n) is 2.75. The van der Waals surface area contributed by atoms with Gasteiger partial charge in [0.15, 0.2) is 0 Å². The number of nitrogens with one attached hydrogen (secondary N) is 1. The zero-order valence-corrected chi connectivity index (χ0v) is 12.2. The van der Waals surface area contributed by atoms with Crippen molar-refractivity contribution in [2.75, 3.05) is 6.54 Å². The Kier molecular flexibility index (Phi) is 4.99. The van der Waals surface area contributed by atoms with Gasteiger partial charge in [0.25, 0.3) is 0 Å². The molecule has 3 nitrogen and oxygen atoms in total. The van der Waals surface area contributed by atoms with Crippen LogP contribution >= 0.6 is 15.9 Å². The first kappa shape index (κ1) is 14.1. The van der Waals surface area contributed by atoms with Crippen LogP contribution in [0.5, 0.6) is 0 Å². The van der Waals surface area contributed by atoms with E-state index in [4.69, 9.17) is 0 Å². The van der Waals surface area contributed by atoms with E-state index in [-0.39, 0.29) is 11.9 Å². The van der Waals surface area contributed by atoms with Crippen molar-refractivity contribution in [3.8, 4) is 0 Å². The number of rotatable bonds is 5. The molecule has 0 radical (unpaired) electrons. The van der Waals surface area contributed by atoms with E-state index in [2.05, 4.69) is 38.1 Å². The molecule has 19 heavy (non-hydrogen) atoms. The number of benzene rings is 1. The number of nitrogens with zero attached hydrogens (tertiary/aromatic N) is 2. The summed E-state index contributed by atoms with van der Waals surface area (Å²) in [6.45, 7) is 2.86. The fourth-order valence-electron chi connectivity index (χ4n) is 1.86. The van der Waals surface area contributed by atoms with Gasteiger partial charge >= 0.3 is 0 Å². The third kappa shape index (κ3) is 3.58. The van der Waals surface area contributed by atoms with Crippen LogP contribution in [0.3, 0.4) is 0 Å². The molecule has 0 amide bonds. The summed E-state index contributed by atoms with van der Waals surface area (Å²) in [5, 5.41) is 3.30. The molecule has 1 unspecified atom stereocenters. The Morgan fingerprint density at radius 1 is 1.37 bits per heavy atom. The first-order valence-electron chi connectivity index (χ1n) is 6.16. The highest BCUT2D eigenvalue weighted by Crippen LogP contribution is 2.25. The second-order valence-corrected chi connectivity index (χ2v) is 5.10. The number of hydrogen-bond acceptors (Lipinski definition) is 3. The van der Waals surface area contributed by atoms with Gasteiger partial charge in [0.1, 0.15) is 5.82 Å². The highest BCUT2D eigenvalue weighted by molar-refractivity contribution is 9.10. The summed E-state index contributed by atoms with van der Waals surface area (Å²) in [7, 11) is 0. The molecule has 2 aromatic rings. The lowest BCUT2D eigenvalue weighted by Crippen LogP contribution is -2.25. The van der Waals surface area contributed by atoms with E-state index in [1.54, 1.807) is 24.7 Å². The summed E-state index contributed by atoms with van der Waals surface area (Å²) in [5.41, 5.74) is 1.30. The average molecular weight is 324 g/mol. The summed E-state index contributed by atoms with van der Waals surface area (Å²) in [6, 6.07) is 4.78. The molecule has 0 fully saturated rings. The van der Waals surface area contributed by atoms with E-state index >= 15 is 0 Å². The Hall–Kier alpha value is -1.33. The molecule has 0 saturated carbocycles. The lowest BCUT2D eigenvalue weighted by molar-refractivity contribution is 0.537. The molecular weight excluding hydrogens is 309 g/mol. The Bertz CT molecular complexity index is 533. The van der Waals surface area contributed by atoms with Crippen molar-refractivity contribution in [3.63, 3.8) is 0 Å². The van der Waals surface area contributed by atoms with Crippen molar-refractivity contribution in [2.24, 2.45) is 0 Å². The van der Waals surface area contributed by atoms with Crippen LogP contribution in [0.1, 0.15) is 30.6 Å². The Morgan fingerprint density at radius 3 is 2.84 bits per heavy atom. The van der Waals surface area contributed by atoms with Gasteiger partial charge in [0.2, 0.25) is 0 Å². The predicted octanol–water partition coefficient (Wildman–Crippen LogP) is 3.47. The second-order valence-electron chi connectivity index (χ2n) is 4.18. The Balaban J connectivity index is 2.37. The molecule has 0 spiro atoms. The number of aromatic nitrogens is 2. The zero-order valence-electron chi connectivity index (χ0n) is 10.6. The first-order valence-corrected chi connectivity index (χ1v) is 6.96. The van der Waals surface area contributed by atoms with Gasteiger partial charge in [-0.1, -0.05) is 28.9 Å². The SMILES string of the molecule is CCCNC(c1cnccn1)c1ccc(Br)cc1F. The second kappa shape index (κ2) is 6.73. The van der Waals surface area contributed by atoms with Crippen molar-refractivity contribution in [2.45, 2.75) is 19.4 Å². The van der Waals surface area contributed by atoms with Crippen molar-refractivity contribution in [1.82, 2.24) is 15.3 Å². The molecule has 1 N–H and O–H groups in total. The fourth-order valence-corrected chi connectivity index (χ4v) is 2.19. The van der Waals surface area contributed by atoms with Crippen LogP contribution in [-0.4, -0.2) is 16.5 Å². The largest absolute Gasteiger partial charge is 0.305 e. The molecule has 0 bridgehead atoms. The molecule has 0 saturated heterocycles. The monoisotopic (exact) mass is 323 g/mol. The maximum absolute atomic E-state index is 14.1. The molecule has 1 aromatic carbocycles. The molecule has 0 aliphatic rings. The summed E-state index contributed by atoms with van der Waals surface area (Å²) >= 11 is 3.27. The molecule has 0 aliphatic carbocycles. The Morgan fingerprint density at radius 2 is 2.21 bits per heavy atom. The van der Waals surface area contributed by atoms with Crippen molar-refractivity contribution >= 4 is 15.9 Å². The first-order chi connectivity index (χ1) is 9.22.